The Kier molecular flexibility index (Phi) is 3.53. The van der Waals surface area contributed by atoms with Crippen molar-refractivity contribution in [3.63, 3.8) is 0 Å². The van der Waals surface area contributed by atoms with Gasteiger partial charge in [-0.2, -0.15) is 5.10 Å². The molecule has 108 valence electrons. The number of aryl methyl sites for hydroxylation is 2. The van der Waals surface area contributed by atoms with E-state index >= 15 is 0 Å². The van der Waals surface area contributed by atoms with E-state index in [9.17, 15) is 0 Å². The Labute approximate surface area is 119 Å². The average molecular weight is 274 g/mol. The fraction of sp³-hybridized carbons (Fsp3) is 0.533. The monoisotopic (exact) mass is 274 g/mol. The number of anilines is 1. The number of nitrogens with zero attached hydrogens (tertiary/aromatic N) is 3. The highest BCUT2D eigenvalue weighted by Gasteiger charge is 2.23. The van der Waals surface area contributed by atoms with Crippen molar-refractivity contribution in [1.82, 2.24) is 15.1 Å². The lowest BCUT2D eigenvalue weighted by Crippen LogP contribution is -2.23. The third kappa shape index (κ3) is 2.72. The molecule has 1 aliphatic rings. The lowest BCUT2D eigenvalue weighted by Gasteiger charge is -2.20. The summed E-state index contributed by atoms with van der Waals surface area (Å²) in [5, 5.41) is 8.14. The summed E-state index contributed by atoms with van der Waals surface area (Å²) in [6.45, 7) is 3.72. The summed E-state index contributed by atoms with van der Waals surface area (Å²) in [5.41, 5.74) is 2.38. The Morgan fingerprint density at radius 2 is 2.30 bits per heavy atom. The van der Waals surface area contributed by atoms with Crippen LogP contribution in [0.25, 0.3) is 0 Å². The van der Waals surface area contributed by atoms with Crippen LogP contribution >= 0.6 is 0 Å². The molecule has 3 rings (SSSR count). The van der Waals surface area contributed by atoms with Crippen molar-refractivity contribution in [1.29, 1.82) is 0 Å². The fourth-order valence-electron chi connectivity index (χ4n) is 2.62. The summed E-state index contributed by atoms with van der Waals surface area (Å²) < 4.78 is 7.39. The fourth-order valence-corrected chi connectivity index (χ4v) is 2.62. The summed E-state index contributed by atoms with van der Waals surface area (Å²) in [7, 11) is 4.08. The molecule has 2 aromatic rings. The van der Waals surface area contributed by atoms with Gasteiger partial charge < -0.3 is 14.6 Å². The van der Waals surface area contributed by atoms with Gasteiger partial charge in [-0.25, -0.2) is 0 Å². The third-order valence-electron chi connectivity index (χ3n) is 3.79. The number of aromatic nitrogens is 2. The van der Waals surface area contributed by atoms with Gasteiger partial charge in [0.05, 0.1) is 18.5 Å². The van der Waals surface area contributed by atoms with Gasteiger partial charge in [0.25, 0.3) is 0 Å². The van der Waals surface area contributed by atoms with E-state index in [-0.39, 0.29) is 0 Å². The Morgan fingerprint density at radius 3 is 2.95 bits per heavy atom. The Balaban J connectivity index is 1.78. The summed E-state index contributed by atoms with van der Waals surface area (Å²) in [6, 6.07) is 4.63. The second-order valence-corrected chi connectivity index (χ2v) is 5.60. The van der Waals surface area contributed by atoms with E-state index in [1.807, 2.05) is 23.9 Å². The first-order valence-electron chi connectivity index (χ1n) is 7.14. The van der Waals surface area contributed by atoms with Crippen molar-refractivity contribution >= 4 is 5.82 Å². The van der Waals surface area contributed by atoms with Crippen LogP contribution in [0.5, 0.6) is 0 Å². The van der Waals surface area contributed by atoms with E-state index in [4.69, 9.17) is 4.42 Å². The zero-order valence-corrected chi connectivity index (χ0v) is 12.4. The lowest BCUT2D eigenvalue weighted by molar-refractivity contribution is 0.505. The van der Waals surface area contributed by atoms with Crippen LogP contribution in [-0.2, 0) is 20.1 Å². The lowest BCUT2D eigenvalue weighted by atomic mass is 10.2. The van der Waals surface area contributed by atoms with Gasteiger partial charge in [-0.3, -0.25) is 4.68 Å². The normalized spacial score (nSPS) is 14.8. The molecule has 0 bridgehead atoms. The maximum Gasteiger partial charge on any atom is 0.131 e. The topological polar surface area (TPSA) is 46.2 Å². The minimum absolute atomic E-state index is 0.706. The van der Waals surface area contributed by atoms with Crippen LogP contribution in [0, 0.1) is 6.92 Å². The summed E-state index contributed by atoms with van der Waals surface area (Å²) in [5.74, 6) is 2.12. The molecule has 1 N–H and O–H groups in total. The van der Waals surface area contributed by atoms with Crippen molar-refractivity contribution in [3.8, 4) is 0 Å². The SMILES string of the molecule is Cc1nn(C)c(N(C)Cc2ccco2)c1CNC1CC1. The second kappa shape index (κ2) is 5.32. The first-order chi connectivity index (χ1) is 9.65. The van der Waals surface area contributed by atoms with Gasteiger partial charge in [0.1, 0.15) is 11.6 Å². The molecule has 0 amide bonds. The summed E-state index contributed by atoms with van der Waals surface area (Å²) in [4.78, 5) is 2.20. The van der Waals surface area contributed by atoms with E-state index < -0.39 is 0 Å². The number of hydrogen-bond acceptors (Lipinski definition) is 4. The minimum atomic E-state index is 0.706. The van der Waals surface area contributed by atoms with Crippen LogP contribution in [0.15, 0.2) is 22.8 Å². The first kappa shape index (κ1) is 13.2. The molecule has 0 atom stereocenters. The largest absolute Gasteiger partial charge is 0.467 e. The van der Waals surface area contributed by atoms with Gasteiger partial charge in [0, 0.05) is 32.2 Å². The second-order valence-electron chi connectivity index (χ2n) is 5.60. The highest BCUT2D eigenvalue weighted by molar-refractivity contribution is 5.49. The molecule has 0 unspecified atom stereocenters. The van der Waals surface area contributed by atoms with Gasteiger partial charge >= 0.3 is 0 Å². The highest BCUT2D eigenvalue weighted by Crippen LogP contribution is 2.26. The Morgan fingerprint density at radius 1 is 1.50 bits per heavy atom. The van der Waals surface area contributed by atoms with E-state index in [0.29, 0.717) is 6.04 Å². The molecule has 1 fully saturated rings. The van der Waals surface area contributed by atoms with Crippen LogP contribution in [0.3, 0.4) is 0 Å². The van der Waals surface area contributed by atoms with Gasteiger partial charge in [-0.1, -0.05) is 0 Å². The van der Waals surface area contributed by atoms with Gasteiger partial charge in [0.2, 0.25) is 0 Å². The van der Waals surface area contributed by atoms with E-state index in [2.05, 4.69) is 29.3 Å². The van der Waals surface area contributed by atoms with Gasteiger partial charge in [0.15, 0.2) is 0 Å². The molecule has 0 spiro atoms. The van der Waals surface area contributed by atoms with Crippen LogP contribution in [-0.4, -0.2) is 22.9 Å². The minimum Gasteiger partial charge on any atom is -0.467 e. The number of furan rings is 1. The third-order valence-corrected chi connectivity index (χ3v) is 3.79. The van der Waals surface area contributed by atoms with E-state index in [1.54, 1.807) is 6.26 Å². The molecule has 1 aliphatic carbocycles. The maximum atomic E-state index is 5.43. The van der Waals surface area contributed by atoms with Crippen molar-refractivity contribution in [2.75, 3.05) is 11.9 Å². The van der Waals surface area contributed by atoms with Crippen LogP contribution < -0.4 is 10.2 Å². The number of nitrogens with one attached hydrogen (secondary N) is 1. The van der Waals surface area contributed by atoms with Crippen molar-refractivity contribution < 1.29 is 4.42 Å². The van der Waals surface area contributed by atoms with Gasteiger partial charge in [-0.05, 0) is 31.9 Å². The van der Waals surface area contributed by atoms with Crippen molar-refractivity contribution in [2.24, 2.45) is 7.05 Å². The van der Waals surface area contributed by atoms with E-state index in [1.165, 1.54) is 18.4 Å². The molecular weight excluding hydrogens is 252 g/mol. The standard InChI is InChI=1S/C15H22N4O/c1-11-14(9-16-12-6-7-12)15(19(3)17-11)18(2)10-13-5-4-8-20-13/h4-5,8,12,16H,6-7,9-10H2,1-3H3. The van der Waals surface area contributed by atoms with Crippen LogP contribution in [0.4, 0.5) is 5.82 Å². The van der Waals surface area contributed by atoms with Crippen molar-refractivity contribution in [3.05, 3.63) is 35.4 Å². The molecule has 20 heavy (non-hydrogen) atoms. The molecule has 0 aromatic carbocycles. The zero-order chi connectivity index (χ0) is 14.1. The molecule has 0 saturated heterocycles. The first-order valence-corrected chi connectivity index (χ1v) is 7.14. The molecule has 5 nitrogen and oxygen atoms in total. The number of rotatable bonds is 6. The average Bonchev–Trinajstić information content (AvgIpc) is 3.00. The quantitative estimate of drug-likeness (QED) is 0.877. The molecule has 1 saturated carbocycles. The summed E-state index contributed by atoms with van der Waals surface area (Å²) >= 11 is 0. The maximum absolute atomic E-state index is 5.43. The predicted molar refractivity (Wildman–Crippen MR) is 78.6 cm³/mol. The molecule has 0 aliphatic heterocycles. The molecule has 2 heterocycles. The molecule has 2 aromatic heterocycles. The predicted octanol–water partition coefficient (Wildman–Crippen LogP) is 2.21. The highest BCUT2D eigenvalue weighted by atomic mass is 16.3. The zero-order valence-electron chi connectivity index (χ0n) is 12.4. The van der Waals surface area contributed by atoms with Crippen LogP contribution in [0.1, 0.15) is 29.9 Å². The van der Waals surface area contributed by atoms with Crippen molar-refractivity contribution in [2.45, 2.75) is 38.9 Å². The van der Waals surface area contributed by atoms with Crippen LogP contribution in [0.2, 0.25) is 0 Å². The summed E-state index contributed by atoms with van der Waals surface area (Å²) in [6.07, 6.45) is 4.32. The molecular formula is C15H22N4O. The number of hydrogen-bond donors (Lipinski definition) is 1. The smallest absolute Gasteiger partial charge is 0.131 e. The Hall–Kier alpha value is -1.75. The molecule has 0 radical (unpaired) electrons. The molecule has 5 heteroatoms. The van der Waals surface area contributed by atoms with Gasteiger partial charge in [-0.15, -0.1) is 0 Å². The van der Waals surface area contributed by atoms with E-state index in [0.717, 1.165) is 30.4 Å². The Bertz CT molecular complexity index is 569.